The van der Waals surface area contributed by atoms with Crippen LogP contribution in [-0.4, -0.2) is 34.8 Å². The molecule has 2 atom stereocenters. The van der Waals surface area contributed by atoms with Gasteiger partial charge in [0.25, 0.3) is 0 Å². The van der Waals surface area contributed by atoms with Gasteiger partial charge in [0.1, 0.15) is 0 Å². The van der Waals surface area contributed by atoms with E-state index in [0.717, 1.165) is 0 Å². The highest BCUT2D eigenvalue weighted by Crippen LogP contribution is 2.30. The van der Waals surface area contributed by atoms with Gasteiger partial charge in [-0.2, -0.15) is 5.10 Å². The van der Waals surface area contributed by atoms with Crippen molar-refractivity contribution >= 4 is 9.84 Å². The van der Waals surface area contributed by atoms with Gasteiger partial charge in [-0.25, -0.2) is 8.42 Å². The summed E-state index contributed by atoms with van der Waals surface area (Å²) in [5.74, 6) is 0.0945. The zero-order valence-electron chi connectivity index (χ0n) is 8.50. The van der Waals surface area contributed by atoms with Gasteiger partial charge in [-0.1, -0.05) is 0 Å². The zero-order chi connectivity index (χ0) is 11.1. The summed E-state index contributed by atoms with van der Waals surface area (Å²) >= 11 is 0. The molecule has 0 aromatic carbocycles. The number of sulfone groups is 1. The Morgan fingerprint density at radius 2 is 2.40 bits per heavy atom. The number of hydrogen-bond acceptors (Lipinski definition) is 4. The Morgan fingerprint density at radius 3 is 2.87 bits per heavy atom. The summed E-state index contributed by atoms with van der Waals surface area (Å²) in [5, 5.41) is 13.9. The van der Waals surface area contributed by atoms with Crippen LogP contribution in [0.25, 0.3) is 0 Å². The second kappa shape index (κ2) is 3.61. The molecule has 1 saturated heterocycles. The zero-order valence-corrected chi connectivity index (χ0v) is 9.31. The third-order valence-electron chi connectivity index (χ3n) is 2.78. The molecule has 2 rings (SSSR count). The predicted molar refractivity (Wildman–Crippen MR) is 54.9 cm³/mol. The lowest BCUT2D eigenvalue weighted by Crippen LogP contribution is -2.13. The van der Waals surface area contributed by atoms with E-state index in [-0.39, 0.29) is 17.4 Å². The van der Waals surface area contributed by atoms with Crippen molar-refractivity contribution in [1.29, 1.82) is 0 Å². The van der Waals surface area contributed by atoms with Gasteiger partial charge < -0.3 is 5.11 Å². The second-order valence-corrected chi connectivity index (χ2v) is 6.28. The van der Waals surface area contributed by atoms with Crippen molar-refractivity contribution in [3.05, 3.63) is 18.0 Å². The van der Waals surface area contributed by atoms with E-state index in [9.17, 15) is 13.5 Å². The molecule has 5 nitrogen and oxygen atoms in total. The molecule has 1 aromatic heterocycles. The molecule has 0 amide bonds. The maximum atomic E-state index is 11.2. The van der Waals surface area contributed by atoms with Crippen LogP contribution in [0.2, 0.25) is 0 Å². The van der Waals surface area contributed by atoms with E-state index in [1.54, 1.807) is 24.1 Å². The van der Waals surface area contributed by atoms with Crippen LogP contribution >= 0.6 is 0 Å². The van der Waals surface area contributed by atoms with Gasteiger partial charge in [0, 0.05) is 24.7 Å². The van der Waals surface area contributed by atoms with E-state index in [1.165, 1.54) is 0 Å². The number of aryl methyl sites for hydroxylation is 1. The van der Waals surface area contributed by atoms with Crippen LogP contribution in [0, 0.1) is 5.92 Å². The summed E-state index contributed by atoms with van der Waals surface area (Å²) < 4.78 is 24.1. The Kier molecular flexibility index (Phi) is 2.56. The van der Waals surface area contributed by atoms with E-state index in [0.29, 0.717) is 12.0 Å². The van der Waals surface area contributed by atoms with Gasteiger partial charge in [0.2, 0.25) is 0 Å². The van der Waals surface area contributed by atoms with Crippen molar-refractivity contribution in [2.45, 2.75) is 12.5 Å². The Balaban J connectivity index is 2.13. The van der Waals surface area contributed by atoms with Crippen molar-refractivity contribution in [2.75, 3.05) is 11.5 Å². The van der Waals surface area contributed by atoms with Gasteiger partial charge in [0.05, 0.1) is 23.8 Å². The number of aliphatic hydroxyl groups is 1. The highest BCUT2D eigenvalue weighted by atomic mass is 32.2. The lowest BCUT2D eigenvalue weighted by atomic mass is 9.98. The van der Waals surface area contributed by atoms with Crippen LogP contribution in [-0.2, 0) is 16.9 Å². The maximum absolute atomic E-state index is 11.2. The molecule has 1 aliphatic heterocycles. The number of aromatic nitrogens is 2. The summed E-state index contributed by atoms with van der Waals surface area (Å²) in [5.41, 5.74) is 0.694. The van der Waals surface area contributed by atoms with Crippen LogP contribution in [0.3, 0.4) is 0 Å². The summed E-state index contributed by atoms with van der Waals surface area (Å²) in [7, 11) is -1.16. The average molecular weight is 230 g/mol. The lowest BCUT2D eigenvalue weighted by molar-refractivity contribution is 0.121. The molecule has 0 saturated carbocycles. The predicted octanol–water partition coefficient (Wildman–Crippen LogP) is -0.112. The largest absolute Gasteiger partial charge is 0.388 e. The first kappa shape index (κ1) is 10.6. The van der Waals surface area contributed by atoms with E-state index >= 15 is 0 Å². The molecule has 1 aliphatic rings. The summed E-state index contributed by atoms with van der Waals surface area (Å²) in [6.45, 7) is 0. The highest BCUT2D eigenvalue weighted by molar-refractivity contribution is 7.91. The van der Waals surface area contributed by atoms with Crippen molar-refractivity contribution in [1.82, 2.24) is 9.78 Å². The van der Waals surface area contributed by atoms with Crippen molar-refractivity contribution in [2.24, 2.45) is 13.0 Å². The molecule has 15 heavy (non-hydrogen) atoms. The van der Waals surface area contributed by atoms with E-state index < -0.39 is 15.9 Å². The number of nitrogens with zero attached hydrogens (tertiary/aromatic N) is 2. The number of hydrogen-bond donors (Lipinski definition) is 1. The second-order valence-electron chi connectivity index (χ2n) is 4.06. The molecule has 6 heteroatoms. The average Bonchev–Trinajstić information content (AvgIpc) is 2.71. The van der Waals surface area contributed by atoms with Gasteiger partial charge in [0.15, 0.2) is 9.84 Å². The monoisotopic (exact) mass is 230 g/mol. The SMILES string of the molecule is Cn1cc(C(O)C2CCS(=O)(=O)C2)cn1. The fourth-order valence-electron chi connectivity index (χ4n) is 1.94. The molecule has 1 fully saturated rings. The van der Waals surface area contributed by atoms with Gasteiger partial charge in [-0.3, -0.25) is 4.68 Å². The Morgan fingerprint density at radius 1 is 1.67 bits per heavy atom. The van der Waals surface area contributed by atoms with Crippen LogP contribution in [0.5, 0.6) is 0 Å². The minimum atomic E-state index is -2.93. The van der Waals surface area contributed by atoms with Gasteiger partial charge in [-0.15, -0.1) is 0 Å². The van der Waals surface area contributed by atoms with Crippen molar-refractivity contribution in [3.8, 4) is 0 Å². The molecule has 2 unspecified atom stereocenters. The molecule has 84 valence electrons. The van der Waals surface area contributed by atoms with Crippen molar-refractivity contribution in [3.63, 3.8) is 0 Å². The molecule has 1 N–H and O–H groups in total. The number of rotatable bonds is 2. The Hall–Kier alpha value is -0.880. The molecular weight excluding hydrogens is 216 g/mol. The molecule has 2 heterocycles. The molecule has 0 bridgehead atoms. The maximum Gasteiger partial charge on any atom is 0.150 e. The summed E-state index contributed by atoms with van der Waals surface area (Å²) in [6, 6.07) is 0. The quantitative estimate of drug-likeness (QED) is 0.769. The Bertz CT molecular complexity index is 452. The summed E-state index contributed by atoms with van der Waals surface area (Å²) in [6.07, 6.45) is 3.12. The third kappa shape index (κ3) is 2.21. The van der Waals surface area contributed by atoms with E-state index in [1.807, 2.05) is 0 Å². The first-order chi connectivity index (χ1) is 6.98. The van der Waals surface area contributed by atoms with Gasteiger partial charge >= 0.3 is 0 Å². The molecule has 0 spiro atoms. The fraction of sp³-hybridized carbons (Fsp3) is 0.667. The molecular formula is C9H14N2O3S. The third-order valence-corrected chi connectivity index (χ3v) is 4.57. The van der Waals surface area contributed by atoms with Crippen LogP contribution < -0.4 is 0 Å². The molecule has 1 aromatic rings. The molecule has 0 aliphatic carbocycles. The topological polar surface area (TPSA) is 72.2 Å². The van der Waals surface area contributed by atoms with Crippen LogP contribution in [0.4, 0.5) is 0 Å². The normalized spacial score (nSPS) is 26.7. The van der Waals surface area contributed by atoms with E-state index in [2.05, 4.69) is 5.10 Å². The first-order valence-corrected chi connectivity index (χ1v) is 6.67. The molecule has 0 radical (unpaired) electrons. The minimum absolute atomic E-state index is 0.0864. The number of aliphatic hydroxyl groups excluding tert-OH is 1. The fourth-order valence-corrected chi connectivity index (χ4v) is 3.77. The van der Waals surface area contributed by atoms with Crippen LogP contribution in [0.15, 0.2) is 12.4 Å². The van der Waals surface area contributed by atoms with Crippen molar-refractivity contribution < 1.29 is 13.5 Å². The standard InChI is InChI=1S/C9H14N2O3S/c1-11-5-8(4-10-11)9(12)7-2-3-15(13,14)6-7/h4-5,7,9,12H,2-3,6H2,1H3. The first-order valence-electron chi connectivity index (χ1n) is 4.85. The van der Waals surface area contributed by atoms with Gasteiger partial charge in [-0.05, 0) is 6.42 Å². The summed E-state index contributed by atoms with van der Waals surface area (Å²) in [4.78, 5) is 0. The highest BCUT2D eigenvalue weighted by Gasteiger charge is 2.33. The lowest BCUT2D eigenvalue weighted by Gasteiger charge is -2.14. The van der Waals surface area contributed by atoms with E-state index in [4.69, 9.17) is 0 Å². The minimum Gasteiger partial charge on any atom is -0.388 e. The Labute approximate surface area is 88.6 Å². The smallest absolute Gasteiger partial charge is 0.150 e. The van der Waals surface area contributed by atoms with Crippen LogP contribution in [0.1, 0.15) is 18.1 Å².